The highest BCUT2D eigenvalue weighted by Crippen LogP contribution is 2.31. The molecule has 5 aromatic carbocycles. The number of hydrogen-bond donors (Lipinski definition) is 7. The van der Waals surface area contributed by atoms with Crippen LogP contribution in [-0.4, -0.2) is 54.4 Å². The first kappa shape index (κ1) is 58.4. The van der Waals surface area contributed by atoms with Crippen LogP contribution in [0, 0.1) is 18.8 Å². The largest absolute Gasteiger partial charge is 0.550 e. The smallest absolute Gasteiger partial charge is 0.127 e. The number of carboxylic acids is 1. The molecule has 0 saturated carbocycles. The Morgan fingerprint density at radius 1 is 0.606 bits per heavy atom. The Hall–Kier alpha value is -7.63. The van der Waals surface area contributed by atoms with Crippen molar-refractivity contribution in [3.8, 4) is 34.5 Å². The summed E-state index contributed by atoms with van der Waals surface area (Å²) in [5.41, 5.74) is 8.59. The fourth-order valence-electron chi connectivity index (χ4n) is 4.51. The van der Waals surface area contributed by atoms with Crippen molar-refractivity contribution in [3.05, 3.63) is 179 Å². The van der Waals surface area contributed by atoms with Gasteiger partial charge in [0.1, 0.15) is 40.8 Å². The van der Waals surface area contributed by atoms with Crippen LogP contribution in [0.2, 0.25) is 0 Å². The van der Waals surface area contributed by atoms with Gasteiger partial charge in [-0.15, -0.1) is 0 Å². The highest BCUT2D eigenvalue weighted by Gasteiger charge is 2.06. The van der Waals surface area contributed by atoms with Gasteiger partial charge in [-0.3, -0.25) is 4.98 Å². The zero-order chi connectivity index (χ0) is 49.7. The third-order valence-electron chi connectivity index (χ3n) is 7.88. The summed E-state index contributed by atoms with van der Waals surface area (Å²) >= 11 is 0. The molecule has 0 fully saturated rings. The molecule has 0 bridgehead atoms. The average Bonchev–Trinajstić information content (AvgIpc) is 3.27. The molecule has 0 aliphatic rings. The summed E-state index contributed by atoms with van der Waals surface area (Å²) < 4.78 is 0. The molecule has 6 rings (SSSR count). The van der Waals surface area contributed by atoms with Crippen molar-refractivity contribution in [2.75, 3.05) is 6.54 Å². The number of benzene rings is 5. The number of phenols is 6. The van der Waals surface area contributed by atoms with E-state index < -0.39 is 5.97 Å². The van der Waals surface area contributed by atoms with E-state index in [4.69, 9.17) is 15.0 Å². The second-order valence-corrected chi connectivity index (χ2v) is 15.0. The van der Waals surface area contributed by atoms with Gasteiger partial charge in [0.2, 0.25) is 0 Å². The Morgan fingerprint density at radius 2 is 1.00 bits per heavy atom. The van der Waals surface area contributed by atoms with Crippen LogP contribution >= 0.6 is 0 Å². The summed E-state index contributed by atoms with van der Waals surface area (Å²) in [6.45, 7) is 14.3. The molecule has 0 aliphatic carbocycles. The van der Waals surface area contributed by atoms with E-state index in [2.05, 4.69) is 36.7 Å². The van der Waals surface area contributed by atoms with Crippen molar-refractivity contribution in [2.24, 2.45) is 11.8 Å². The third kappa shape index (κ3) is 32.1. The fraction of sp³-hybridized carbons (Fsp3) is 0.218. The predicted molar refractivity (Wildman–Crippen MR) is 267 cm³/mol. The van der Waals surface area contributed by atoms with Crippen LogP contribution < -0.4 is 10.8 Å². The summed E-state index contributed by atoms with van der Waals surface area (Å²) in [7, 11) is 0. The number of aromatic hydroxyl groups is 6. The van der Waals surface area contributed by atoms with Crippen LogP contribution in [0.1, 0.15) is 87.8 Å². The van der Waals surface area contributed by atoms with Crippen LogP contribution in [0.25, 0.3) is 30.4 Å². The number of pyridine rings is 1. The number of carboxylic acid groups (broad SMARTS) is 1. The van der Waals surface area contributed by atoms with Gasteiger partial charge in [0.25, 0.3) is 0 Å². The normalized spacial score (nSPS) is 10.0. The summed E-state index contributed by atoms with van der Waals surface area (Å²) in [4.78, 5) is 22.3. The molecule has 0 aliphatic heterocycles. The van der Waals surface area contributed by atoms with Crippen molar-refractivity contribution in [1.82, 2.24) is 4.98 Å². The molecule has 66 heavy (non-hydrogen) atoms. The van der Waals surface area contributed by atoms with Crippen LogP contribution in [0.3, 0.4) is 0 Å². The molecular weight excluding hydrogens is 833 g/mol. The molecule has 6 aromatic rings. The van der Waals surface area contributed by atoms with E-state index in [1.807, 2.05) is 82.3 Å². The molecule has 0 atom stereocenters. The van der Waals surface area contributed by atoms with E-state index in [9.17, 15) is 30.3 Å². The van der Waals surface area contributed by atoms with Gasteiger partial charge >= 0.3 is 0 Å². The van der Waals surface area contributed by atoms with Gasteiger partial charge in [-0.25, -0.2) is 0 Å². The summed E-state index contributed by atoms with van der Waals surface area (Å²) in [6.07, 6.45) is 17.2. The summed E-state index contributed by atoms with van der Waals surface area (Å²) in [6, 6.07) is 37.1. The number of aldehydes is 1. The molecule has 1 heterocycles. The zero-order valence-corrected chi connectivity index (χ0v) is 39.2. The van der Waals surface area contributed by atoms with Crippen molar-refractivity contribution >= 4 is 42.6 Å². The van der Waals surface area contributed by atoms with E-state index in [0.717, 1.165) is 30.9 Å². The number of quaternary nitrogens is 1. The van der Waals surface area contributed by atoms with Gasteiger partial charge in [-0.05, 0) is 115 Å². The van der Waals surface area contributed by atoms with Gasteiger partial charge in [-0.1, -0.05) is 137 Å². The first-order chi connectivity index (χ1) is 31.4. The molecule has 0 saturated heterocycles. The minimum absolute atomic E-state index is 0.0235. The topological polar surface area (TPSA) is 219 Å². The van der Waals surface area contributed by atoms with Gasteiger partial charge in [0, 0.05) is 30.9 Å². The van der Waals surface area contributed by atoms with Crippen molar-refractivity contribution < 1.29 is 51.1 Å². The number of nitrogens with zero attached hydrogens (tertiary/aromatic N) is 1. The van der Waals surface area contributed by atoms with E-state index in [1.165, 1.54) is 18.1 Å². The first-order valence-corrected chi connectivity index (χ1v) is 21.4. The predicted octanol–water partition coefficient (Wildman–Crippen LogP) is 10.3. The van der Waals surface area contributed by atoms with Gasteiger partial charge in [-0.2, -0.15) is 0 Å². The van der Waals surface area contributed by atoms with Gasteiger partial charge in [0.15, 0.2) is 0 Å². The van der Waals surface area contributed by atoms with E-state index >= 15 is 0 Å². The van der Waals surface area contributed by atoms with Crippen LogP contribution in [0.5, 0.6) is 34.5 Å². The molecule has 0 radical (unpaired) electrons. The Morgan fingerprint density at radius 3 is 1.29 bits per heavy atom. The Labute approximate surface area is 390 Å². The Balaban J connectivity index is 0.000000838. The van der Waals surface area contributed by atoms with E-state index in [-0.39, 0.29) is 34.5 Å². The quantitative estimate of drug-likeness (QED) is 0.0538. The molecule has 9 N–H and O–H groups in total. The highest BCUT2D eigenvalue weighted by molar-refractivity contribution is 5.75. The molecule has 11 heteroatoms. The van der Waals surface area contributed by atoms with Gasteiger partial charge in [0.05, 0.1) is 12.1 Å². The minimum atomic E-state index is -1.08. The molecule has 11 nitrogen and oxygen atoms in total. The van der Waals surface area contributed by atoms with Crippen molar-refractivity contribution in [3.63, 3.8) is 0 Å². The maximum absolute atomic E-state index is 10.0. The Kier molecular flexibility index (Phi) is 31.7. The fourth-order valence-corrected chi connectivity index (χ4v) is 4.51. The van der Waals surface area contributed by atoms with Gasteiger partial charge < -0.3 is 51.1 Å². The molecule has 0 unspecified atom stereocenters. The number of rotatable bonds is 9. The maximum Gasteiger partial charge on any atom is 0.127 e. The number of phenolic OH excluding ortho intramolecular Hbond substituents is 6. The van der Waals surface area contributed by atoms with Crippen molar-refractivity contribution in [1.29, 1.82) is 0 Å². The maximum atomic E-state index is 10.0. The first-order valence-electron chi connectivity index (χ1n) is 21.4. The molecule has 1 aromatic heterocycles. The van der Waals surface area contributed by atoms with E-state index in [0.29, 0.717) is 34.9 Å². The van der Waals surface area contributed by atoms with E-state index in [1.54, 1.807) is 103 Å². The van der Waals surface area contributed by atoms with Crippen molar-refractivity contribution in [2.45, 2.75) is 61.3 Å². The van der Waals surface area contributed by atoms with Crippen LogP contribution in [0.15, 0.2) is 146 Å². The average molecular weight is 901 g/mol. The molecule has 0 amide bonds. The number of allylic oxidation sites excluding steroid dienone is 1. The number of hydrogen-bond acceptors (Lipinski definition) is 10. The second-order valence-electron chi connectivity index (χ2n) is 15.0. The summed E-state index contributed by atoms with van der Waals surface area (Å²) in [5.74, 6) is 0.358. The zero-order valence-electron chi connectivity index (χ0n) is 39.2. The lowest BCUT2D eigenvalue weighted by molar-refractivity contribution is -0.367. The number of aliphatic carboxylic acids is 1. The SMILES string of the molecule is CC(=O)[O-].CC(C)/C=C/c1c(O)cc(/C=C/c2ccc(O)cc2)cc1O.CC(C)CC=O.CCC[NH3+].Cc1ccccc1.Oc1ccc(/C=C/c2cc(O)cc(O)c2)cc1.c1ccncc1. The van der Waals surface area contributed by atoms with Crippen LogP contribution in [0.4, 0.5) is 0 Å². The Bertz CT molecular complexity index is 2200. The lowest BCUT2D eigenvalue weighted by atomic mass is 10.1. The standard InChI is InChI=1S/C19H20O3.C14H12O3.C7H8.C5H5N.C5H10O.C3H9N.C2H4O2/c1-13(2)3-10-17-18(21)11-15(12-19(17)22)5-4-14-6-8-16(20)9-7-14;15-12-5-3-10(4-6-12)1-2-11-7-13(16)9-14(17)8-11;1-7-5-3-2-4-6-7;1-2-4-6-5-3-1;1-5(2)3-4-6;1-2-3-4;1-2(3)4/h3-13,20-22H,1-2H3;1-9,15-17H;2-6H,1H3;1-5H;4-5H,3H2,1-2H3;2-4H2,1H3;1H3,(H,3,4)/b5-4+,10-3+;2-1+;;;;;. The highest BCUT2D eigenvalue weighted by atomic mass is 16.4. The van der Waals surface area contributed by atoms with Crippen LogP contribution in [-0.2, 0) is 9.59 Å². The number of carbonyl (C=O) groups is 2. The number of aromatic nitrogens is 1. The lowest BCUT2D eigenvalue weighted by Gasteiger charge is -2.05. The molecule has 352 valence electrons. The summed E-state index contributed by atoms with van der Waals surface area (Å²) in [5, 5.41) is 65.9. The lowest BCUT2D eigenvalue weighted by Crippen LogP contribution is -2.49. The second kappa shape index (κ2) is 35.8. The molecule has 0 spiro atoms. The number of carbonyl (C=O) groups excluding carboxylic acids is 2. The minimum Gasteiger partial charge on any atom is -0.550 e. The monoisotopic (exact) mass is 900 g/mol. The molecular formula is C55H68N2O9. The third-order valence-corrected chi connectivity index (χ3v) is 7.88. The number of aryl methyl sites for hydroxylation is 1.